The Morgan fingerprint density at radius 3 is 2.61 bits per heavy atom. The Bertz CT molecular complexity index is 1820. The second kappa shape index (κ2) is 12.9. The van der Waals surface area contributed by atoms with E-state index >= 15 is 0 Å². The number of nitrogens with zero attached hydrogens (tertiary/aromatic N) is 7. The molecule has 6 amide bonds. The van der Waals surface area contributed by atoms with Crippen LogP contribution in [0.2, 0.25) is 0 Å². The van der Waals surface area contributed by atoms with Crippen LogP contribution in [0.3, 0.4) is 0 Å². The van der Waals surface area contributed by atoms with Gasteiger partial charge in [0.25, 0.3) is 11.8 Å². The molecule has 2 bridgehead atoms. The molecule has 4 N–H and O–H groups in total. The average Bonchev–Trinajstić information content (AvgIpc) is 3.87. The molecule has 2 unspecified atom stereocenters. The van der Waals surface area contributed by atoms with E-state index in [0.717, 1.165) is 16.4 Å². The quantitative estimate of drug-likeness (QED) is 0.116. The fraction of sp³-hybridized carbons (Fsp3) is 0.444. The maximum Gasteiger partial charge on any atom is 0.352 e. The van der Waals surface area contributed by atoms with Gasteiger partial charge in [-0.25, -0.2) is 24.0 Å². The van der Waals surface area contributed by atoms with E-state index in [1.807, 2.05) is 0 Å². The number of fused-ring (bicyclic) bond motifs is 3. The van der Waals surface area contributed by atoms with Crippen molar-refractivity contribution in [2.75, 3.05) is 41.0 Å². The number of aliphatic carboxylic acids is 1. The molecule has 0 saturated carbocycles. The summed E-state index contributed by atoms with van der Waals surface area (Å²) in [6.45, 7) is 1.55. The molecule has 3 saturated heterocycles. The smallest absolute Gasteiger partial charge is 0.352 e. The van der Waals surface area contributed by atoms with Crippen LogP contribution in [0.4, 0.5) is 15.3 Å². The van der Waals surface area contributed by atoms with E-state index in [1.165, 1.54) is 69.6 Å². The third-order valence-electron chi connectivity index (χ3n) is 8.28. The Kier molecular flexibility index (Phi) is 8.81. The van der Waals surface area contributed by atoms with Crippen LogP contribution in [0, 0.1) is 0 Å². The SMILES string of the molecule is CC(=O)Oc1ccc2cc1N(C1SCCS1)C2(NC(=O)N1CCNC1=O)C(=O)NC1C(=O)N2C(C(=O)O)=C(CSc3nnnn3C)CS[C@@H]12. The number of anilines is 1. The molecule has 18 nitrogen and oxygen atoms in total. The number of nitrogens with one attached hydrogen (secondary N) is 3. The van der Waals surface area contributed by atoms with Gasteiger partial charge in [-0.3, -0.25) is 19.3 Å². The summed E-state index contributed by atoms with van der Waals surface area (Å²) in [5.41, 5.74) is -0.950. The number of hydrogen-bond donors (Lipinski definition) is 4. The Balaban J connectivity index is 1.21. The van der Waals surface area contributed by atoms with Crippen LogP contribution in [0.25, 0.3) is 0 Å². The molecule has 0 aliphatic carbocycles. The second-order valence-corrected chi connectivity index (χ2v) is 15.9. The van der Waals surface area contributed by atoms with E-state index in [0.29, 0.717) is 22.0 Å². The third kappa shape index (κ3) is 5.62. The largest absolute Gasteiger partial charge is 0.477 e. The highest BCUT2D eigenvalue weighted by molar-refractivity contribution is 8.20. The van der Waals surface area contributed by atoms with Crippen molar-refractivity contribution in [1.29, 1.82) is 0 Å². The normalized spacial score (nSPS) is 24.5. The molecule has 1 aromatic heterocycles. The van der Waals surface area contributed by atoms with Crippen LogP contribution in [-0.2, 0) is 31.9 Å². The highest BCUT2D eigenvalue weighted by Crippen LogP contribution is 2.52. The van der Waals surface area contributed by atoms with Gasteiger partial charge in [-0.15, -0.1) is 40.4 Å². The van der Waals surface area contributed by atoms with E-state index in [2.05, 4.69) is 31.5 Å². The molecule has 5 aliphatic rings. The molecule has 2 aromatic rings. The minimum atomic E-state index is -1.97. The number of tetrazole rings is 1. The zero-order chi connectivity index (χ0) is 34.6. The van der Waals surface area contributed by atoms with Gasteiger partial charge in [0.1, 0.15) is 21.8 Å². The number of aromatic nitrogens is 4. The molecule has 3 atom stereocenters. The molecule has 22 heteroatoms. The van der Waals surface area contributed by atoms with Crippen molar-refractivity contribution in [3.63, 3.8) is 0 Å². The molecule has 1 aromatic carbocycles. The Hall–Kier alpha value is -4.15. The zero-order valence-electron chi connectivity index (χ0n) is 25.8. The van der Waals surface area contributed by atoms with Gasteiger partial charge in [0, 0.05) is 55.6 Å². The molecular formula is C27H28N10O8S4. The second-order valence-electron chi connectivity index (χ2n) is 11.2. The first-order valence-electron chi connectivity index (χ1n) is 14.8. The van der Waals surface area contributed by atoms with Gasteiger partial charge in [-0.1, -0.05) is 17.8 Å². The molecular weight excluding hydrogens is 721 g/mol. The van der Waals surface area contributed by atoms with Crippen molar-refractivity contribution in [2.45, 2.75) is 33.9 Å². The number of hydrogen-bond acceptors (Lipinski definition) is 15. The Morgan fingerprint density at radius 2 is 1.96 bits per heavy atom. The predicted molar refractivity (Wildman–Crippen MR) is 178 cm³/mol. The summed E-state index contributed by atoms with van der Waals surface area (Å²) >= 11 is 5.56. The van der Waals surface area contributed by atoms with Crippen molar-refractivity contribution in [3.05, 3.63) is 35.0 Å². The number of carbonyl (C=O) groups is 6. The van der Waals surface area contributed by atoms with Gasteiger partial charge in [-0.2, -0.15) is 0 Å². The number of benzene rings is 1. The third-order valence-corrected chi connectivity index (χ3v) is 13.7. The minimum absolute atomic E-state index is 0.0679. The number of urea groups is 2. The number of imide groups is 1. The van der Waals surface area contributed by atoms with Crippen molar-refractivity contribution >= 4 is 88.6 Å². The van der Waals surface area contributed by atoms with Crippen LogP contribution in [-0.4, -0.2) is 123 Å². The van der Waals surface area contributed by atoms with Gasteiger partial charge in [-0.05, 0) is 28.1 Å². The Labute approximate surface area is 294 Å². The molecule has 0 spiro atoms. The highest BCUT2D eigenvalue weighted by atomic mass is 32.2. The van der Waals surface area contributed by atoms with E-state index in [1.54, 1.807) is 24.1 Å². The zero-order valence-corrected chi connectivity index (χ0v) is 29.0. The summed E-state index contributed by atoms with van der Waals surface area (Å²) in [5, 5.41) is 29.4. The van der Waals surface area contributed by atoms with E-state index in [4.69, 9.17) is 4.74 Å². The van der Waals surface area contributed by atoms with Crippen molar-refractivity contribution in [2.24, 2.45) is 7.05 Å². The van der Waals surface area contributed by atoms with Gasteiger partial charge in [0.15, 0.2) is 5.75 Å². The van der Waals surface area contributed by atoms with E-state index in [9.17, 15) is 33.9 Å². The van der Waals surface area contributed by atoms with Crippen LogP contribution in [0.1, 0.15) is 12.5 Å². The fourth-order valence-electron chi connectivity index (χ4n) is 6.11. The lowest BCUT2D eigenvalue weighted by molar-refractivity contribution is -0.151. The monoisotopic (exact) mass is 748 g/mol. The van der Waals surface area contributed by atoms with Crippen LogP contribution in [0.5, 0.6) is 5.75 Å². The summed E-state index contributed by atoms with van der Waals surface area (Å²) < 4.78 is 6.51. The summed E-state index contributed by atoms with van der Waals surface area (Å²) in [6.07, 6.45) is 0. The lowest BCUT2D eigenvalue weighted by Gasteiger charge is -2.51. The van der Waals surface area contributed by atoms with E-state index < -0.39 is 57.6 Å². The molecule has 258 valence electrons. The predicted octanol–water partition coefficient (Wildman–Crippen LogP) is 0.138. The van der Waals surface area contributed by atoms with Crippen molar-refractivity contribution in [3.8, 4) is 5.75 Å². The number of carboxylic acids is 1. The molecule has 7 rings (SSSR count). The molecule has 3 fully saturated rings. The number of esters is 1. The number of β-lactam (4-membered cyclic amide) rings is 1. The summed E-state index contributed by atoms with van der Waals surface area (Å²) in [4.78, 5) is 82.9. The summed E-state index contributed by atoms with van der Waals surface area (Å²) in [6, 6.07) is 2.10. The number of aryl methyl sites for hydroxylation is 1. The molecule has 0 radical (unpaired) electrons. The van der Waals surface area contributed by atoms with Crippen molar-refractivity contribution in [1.82, 2.24) is 46.0 Å². The first-order chi connectivity index (χ1) is 23.5. The number of rotatable bonds is 9. The van der Waals surface area contributed by atoms with Crippen LogP contribution < -0.4 is 25.6 Å². The summed E-state index contributed by atoms with van der Waals surface area (Å²) in [7, 11) is 1.66. The first kappa shape index (κ1) is 33.4. The van der Waals surface area contributed by atoms with Gasteiger partial charge < -0.3 is 30.7 Å². The first-order valence-corrected chi connectivity index (χ1v) is 18.9. The number of amides is 6. The van der Waals surface area contributed by atoms with E-state index in [-0.39, 0.29) is 36.0 Å². The average molecular weight is 749 g/mol. The van der Waals surface area contributed by atoms with Gasteiger partial charge in [0.2, 0.25) is 10.8 Å². The van der Waals surface area contributed by atoms with Crippen LogP contribution in [0.15, 0.2) is 34.6 Å². The number of carboxylic acid groups (broad SMARTS) is 1. The fourth-order valence-corrected chi connectivity index (χ4v) is 11.4. The maximum absolute atomic E-state index is 14.8. The topological polar surface area (TPSA) is 221 Å². The minimum Gasteiger partial charge on any atom is -0.477 e. The summed E-state index contributed by atoms with van der Waals surface area (Å²) in [5.74, 6) is -1.16. The number of thioether (sulfide) groups is 4. The van der Waals surface area contributed by atoms with Gasteiger partial charge >= 0.3 is 24.0 Å². The van der Waals surface area contributed by atoms with Crippen LogP contribution >= 0.6 is 47.0 Å². The molecule has 49 heavy (non-hydrogen) atoms. The molecule has 5 aliphatic heterocycles. The Morgan fingerprint density at radius 1 is 1.18 bits per heavy atom. The standard InChI is InChI=1S/C27H28N10O8S4/c1-12(38)45-16-4-3-14-9-15(16)37(26-46-7-8-47-26)27(14,30-24(44)35-6-5-28-23(35)43)22(42)29-17-19(39)36-18(21(40)41)13(10-48-20(17)36)11-49-25-31-32-33-34(25)2/h3-4,9,17,20,26H,5-8,10-11H2,1-2H3,(H,28,43)(H,29,42)(H,30,44)(H,40,41)/t17?,20-,27?/m0/s1. The highest BCUT2D eigenvalue weighted by Gasteiger charge is 2.60. The molecule has 6 heterocycles. The maximum atomic E-state index is 14.8. The number of ether oxygens (including phenoxy) is 1. The lowest BCUT2D eigenvalue weighted by Crippen LogP contribution is -2.75. The lowest BCUT2D eigenvalue weighted by atomic mass is 9.98. The number of carbonyl (C=O) groups excluding carboxylic acids is 5. The van der Waals surface area contributed by atoms with Gasteiger partial charge in [0.05, 0.1) is 5.69 Å². The van der Waals surface area contributed by atoms with Crippen molar-refractivity contribution < 1.29 is 38.6 Å².